The number of hydrogen-bond donors (Lipinski definition) is 2. The van der Waals surface area contributed by atoms with Crippen LogP contribution in [0.2, 0.25) is 5.02 Å². The second kappa shape index (κ2) is 8.60. The van der Waals surface area contributed by atoms with Gasteiger partial charge in [0, 0.05) is 35.2 Å². The maximum atomic E-state index is 12.1. The average molecular weight is 346 g/mol. The number of carbonyl (C=O) groups is 1. The van der Waals surface area contributed by atoms with Gasteiger partial charge >= 0.3 is 0 Å². The Hall–Kier alpha value is -2.20. The quantitative estimate of drug-likeness (QED) is 0.774. The van der Waals surface area contributed by atoms with Gasteiger partial charge in [0.15, 0.2) is 0 Å². The molecule has 0 saturated heterocycles. The van der Waals surface area contributed by atoms with Gasteiger partial charge in [-0.15, -0.1) is 0 Å². The normalized spacial score (nSPS) is 10.3. The Morgan fingerprint density at radius 3 is 2.33 bits per heavy atom. The molecule has 0 aliphatic rings. The number of anilines is 3. The molecular formula is C19H24ClN3O. The molecule has 4 nitrogen and oxygen atoms in total. The van der Waals surface area contributed by atoms with Gasteiger partial charge in [-0.2, -0.15) is 0 Å². The Labute approximate surface area is 148 Å². The third kappa shape index (κ3) is 4.90. The predicted octanol–water partition coefficient (Wildman–Crippen LogP) is 4.55. The molecule has 2 N–H and O–H groups in total. The first-order chi connectivity index (χ1) is 11.5. The van der Waals surface area contributed by atoms with Gasteiger partial charge < -0.3 is 15.5 Å². The fourth-order valence-corrected chi connectivity index (χ4v) is 2.64. The number of aryl methyl sites for hydroxylation is 1. The summed E-state index contributed by atoms with van der Waals surface area (Å²) in [4.78, 5) is 14.4. The van der Waals surface area contributed by atoms with E-state index in [2.05, 4.69) is 35.4 Å². The summed E-state index contributed by atoms with van der Waals surface area (Å²) in [6.07, 6.45) is 0. The lowest BCUT2D eigenvalue weighted by molar-refractivity contribution is -0.114. The molecular weight excluding hydrogens is 322 g/mol. The molecule has 2 aromatic carbocycles. The number of amides is 1. The summed E-state index contributed by atoms with van der Waals surface area (Å²) in [6, 6.07) is 13.4. The van der Waals surface area contributed by atoms with Crippen molar-refractivity contribution in [3.05, 3.63) is 53.1 Å². The van der Waals surface area contributed by atoms with E-state index in [9.17, 15) is 4.79 Å². The molecule has 0 atom stereocenters. The molecule has 0 aliphatic carbocycles. The molecule has 0 saturated carbocycles. The minimum Gasteiger partial charge on any atom is -0.376 e. The van der Waals surface area contributed by atoms with E-state index in [4.69, 9.17) is 11.6 Å². The molecule has 128 valence electrons. The van der Waals surface area contributed by atoms with Gasteiger partial charge in [0.1, 0.15) is 0 Å². The molecule has 1 amide bonds. The van der Waals surface area contributed by atoms with Crippen molar-refractivity contribution >= 4 is 34.6 Å². The Morgan fingerprint density at radius 2 is 1.75 bits per heavy atom. The molecule has 0 bridgehead atoms. The Morgan fingerprint density at radius 1 is 1.08 bits per heavy atom. The van der Waals surface area contributed by atoms with E-state index < -0.39 is 0 Å². The molecule has 5 heteroatoms. The second-order valence-electron chi connectivity index (χ2n) is 5.58. The van der Waals surface area contributed by atoms with Crippen molar-refractivity contribution in [2.24, 2.45) is 0 Å². The summed E-state index contributed by atoms with van der Waals surface area (Å²) in [5.41, 5.74) is 3.94. The van der Waals surface area contributed by atoms with Gasteiger partial charge in [0.05, 0.1) is 6.54 Å². The van der Waals surface area contributed by atoms with E-state index in [-0.39, 0.29) is 12.5 Å². The highest BCUT2D eigenvalue weighted by atomic mass is 35.5. The van der Waals surface area contributed by atoms with Gasteiger partial charge in [-0.25, -0.2) is 0 Å². The largest absolute Gasteiger partial charge is 0.376 e. The van der Waals surface area contributed by atoms with Gasteiger partial charge in [-0.05, 0) is 68.8 Å². The van der Waals surface area contributed by atoms with Crippen molar-refractivity contribution in [3.63, 3.8) is 0 Å². The smallest absolute Gasteiger partial charge is 0.243 e. The van der Waals surface area contributed by atoms with Crippen molar-refractivity contribution in [1.82, 2.24) is 0 Å². The summed E-state index contributed by atoms with van der Waals surface area (Å²) in [5.74, 6) is -0.0800. The highest BCUT2D eigenvalue weighted by Gasteiger charge is 2.08. The number of nitrogens with zero attached hydrogens (tertiary/aromatic N) is 1. The van der Waals surface area contributed by atoms with Crippen molar-refractivity contribution < 1.29 is 4.79 Å². The maximum Gasteiger partial charge on any atom is 0.243 e. The van der Waals surface area contributed by atoms with E-state index in [0.29, 0.717) is 5.02 Å². The van der Waals surface area contributed by atoms with E-state index in [0.717, 1.165) is 30.0 Å². The summed E-state index contributed by atoms with van der Waals surface area (Å²) < 4.78 is 0. The standard InChI is InChI=1S/C19H24ClN3O/c1-4-23(5-2)17-10-11-18(14(3)12-17)22-19(24)13-21-16-8-6-15(20)7-9-16/h6-12,21H,4-5,13H2,1-3H3,(H,22,24). The number of benzene rings is 2. The van der Waals surface area contributed by atoms with E-state index >= 15 is 0 Å². The lowest BCUT2D eigenvalue weighted by Crippen LogP contribution is -2.23. The van der Waals surface area contributed by atoms with Crippen LogP contribution in [0.4, 0.5) is 17.1 Å². The summed E-state index contributed by atoms with van der Waals surface area (Å²) in [7, 11) is 0. The first kappa shape index (κ1) is 18.1. The molecule has 24 heavy (non-hydrogen) atoms. The Bertz CT molecular complexity index is 682. The zero-order valence-electron chi connectivity index (χ0n) is 14.4. The van der Waals surface area contributed by atoms with Crippen molar-refractivity contribution in [3.8, 4) is 0 Å². The number of nitrogens with one attached hydrogen (secondary N) is 2. The molecule has 0 heterocycles. The zero-order chi connectivity index (χ0) is 17.5. The molecule has 2 rings (SSSR count). The van der Waals surface area contributed by atoms with Crippen LogP contribution in [-0.2, 0) is 4.79 Å². The number of halogens is 1. The van der Waals surface area contributed by atoms with Crippen molar-refractivity contribution in [2.75, 3.05) is 35.2 Å². The van der Waals surface area contributed by atoms with Crippen LogP contribution in [0.1, 0.15) is 19.4 Å². The number of carbonyl (C=O) groups excluding carboxylic acids is 1. The summed E-state index contributed by atoms with van der Waals surface area (Å²) >= 11 is 5.84. The van der Waals surface area contributed by atoms with Crippen molar-refractivity contribution in [2.45, 2.75) is 20.8 Å². The van der Waals surface area contributed by atoms with Crippen LogP contribution in [0.3, 0.4) is 0 Å². The van der Waals surface area contributed by atoms with Crippen LogP contribution in [0.5, 0.6) is 0 Å². The van der Waals surface area contributed by atoms with E-state index in [1.165, 1.54) is 5.69 Å². The molecule has 0 fully saturated rings. The van der Waals surface area contributed by atoms with Crippen LogP contribution in [-0.4, -0.2) is 25.5 Å². The molecule has 0 radical (unpaired) electrons. The number of hydrogen-bond acceptors (Lipinski definition) is 3. The first-order valence-electron chi connectivity index (χ1n) is 8.18. The third-order valence-electron chi connectivity index (χ3n) is 3.91. The van der Waals surface area contributed by atoms with E-state index in [1.54, 1.807) is 12.1 Å². The minimum atomic E-state index is -0.0800. The fraction of sp³-hybridized carbons (Fsp3) is 0.316. The molecule has 0 aliphatic heterocycles. The molecule has 0 aromatic heterocycles. The topological polar surface area (TPSA) is 44.4 Å². The first-order valence-corrected chi connectivity index (χ1v) is 8.56. The highest BCUT2D eigenvalue weighted by Crippen LogP contribution is 2.22. The second-order valence-corrected chi connectivity index (χ2v) is 6.02. The number of rotatable bonds is 7. The monoisotopic (exact) mass is 345 g/mol. The third-order valence-corrected chi connectivity index (χ3v) is 4.16. The van der Waals surface area contributed by atoms with Gasteiger partial charge in [-0.1, -0.05) is 11.6 Å². The van der Waals surface area contributed by atoms with Gasteiger partial charge in [0.25, 0.3) is 0 Å². The molecule has 2 aromatic rings. The highest BCUT2D eigenvalue weighted by molar-refractivity contribution is 6.30. The minimum absolute atomic E-state index is 0.0800. The lowest BCUT2D eigenvalue weighted by atomic mass is 10.1. The summed E-state index contributed by atoms with van der Waals surface area (Å²) in [6.45, 7) is 8.42. The zero-order valence-corrected chi connectivity index (χ0v) is 15.2. The Balaban J connectivity index is 1.95. The van der Waals surface area contributed by atoms with Crippen LogP contribution < -0.4 is 15.5 Å². The van der Waals surface area contributed by atoms with Gasteiger partial charge in [-0.3, -0.25) is 4.79 Å². The van der Waals surface area contributed by atoms with Crippen LogP contribution in [0, 0.1) is 6.92 Å². The van der Waals surface area contributed by atoms with E-state index in [1.807, 2.05) is 31.2 Å². The molecule has 0 spiro atoms. The summed E-state index contributed by atoms with van der Waals surface area (Å²) in [5, 5.41) is 6.70. The maximum absolute atomic E-state index is 12.1. The average Bonchev–Trinajstić information content (AvgIpc) is 2.58. The lowest BCUT2D eigenvalue weighted by Gasteiger charge is -2.22. The molecule has 0 unspecified atom stereocenters. The fourth-order valence-electron chi connectivity index (χ4n) is 2.52. The van der Waals surface area contributed by atoms with Crippen LogP contribution >= 0.6 is 11.6 Å². The van der Waals surface area contributed by atoms with Crippen LogP contribution in [0.25, 0.3) is 0 Å². The van der Waals surface area contributed by atoms with Gasteiger partial charge in [0.2, 0.25) is 5.91 Å². The van der Waals surface area contributed by atoms with Crippen molar-refractivity contribution in [1.29, 1.82) is 0 Å². The Kier molecular flexibility index (Phi) is 6.50. The predicted molar refractivity (Wildman–Crippen MR) is 103 cm³/mol. The SMILES string of the molecule is CCN(CC)c1ccc(NC(=O)CNc2ccc(Cl)cc2)c(C)c1. The van der Waals surface area contributed by atoms with Crippen LogP contribution in [0.15, 0.2) is 42.5 Å².